The van der Waals surface area contributed by atoms with Crippen LogP contribution in [0.4, 0.5) is 5.95 Å². The largest absolute Gasteiger partial charge is 0.508 e. The Kier molecular flexibility index (Phi) is 6.65. The molecule has 0 radical (unpaired) electrons. The van der Waals surface area contributed by atoms with Gasteiger partial charge in [0.05, 0.1) is 11.2 Å². The van der Waals surface area contributed by atoms with Crippen LogP contribution in [0.1, 0.15) is 40.1 Å². The van der Waals surface area contributed by atoms with E-state index in [-0.39, 0.29) is 28.3 Å². The maximum atomic E-state index is 12.4. The molecule has 0 saturated carbocycles. The Morgan fingerprint density at radius 3 is 2.57 bits per heavy atom. The molecule has 1 aliphatic heterocycles. The number of carbonyl (C=O) groups excluding carboxylic acids is 2. The van der Waals surface area contributed by atoms with Gasteiger partial charge in [0.1, 0.15) is 5.75 Å². The van der Waals surface area contributed by atoms with E-state index in [1.54, 1.807) is 12.1 Å². The molecule has 3 N–H and O–H groups in total. The minimum Gasteiger partial charge on any atom is -0.508 e. The van der Waals surface area contributed by atoms with Crippen LogP contribution in [0.15, 0.2) is 30.5 Å². The molecule has 0 atom stereocenters. The van der Waals surface area contributed by atoms with Crippen LogP contribution in [0.25, 0.3) is 0 Å². The van der Waals surface area contributed by atoms with Crippen LogP contribution in [0.3, 0.4) is 0 Å². The van der Waals surface area contributed by atoms with Crippen LogP contribution >= 0.6 is 11.6 Å². The monoisotopic (exact) mass is 403 g/mol. The summed E-state index contributed by atoms with van der Waals surface area (Å²) in [5, 5.41) is 15.1. The lowest BCUT2D eigenvalue weighted by Crippen LogP contribution is -2.31. The summed E-state index contributed by atoms with van der Waals surface area (Å²) in [6.45, 7) is 2.49. The van der Waals surface area contributed by atoms with Gasteiger partial charge in [0.15, 0.2) is 5.69 Å². The molecule has 0 aliphatic carbocycles. The predicted molar refractivity (Wildman–Crippen MR) is 106 cm³/mol. The second kappa shape index (κ2) is 9.36. The van der Waals surface area contributed by atoms with Crippen LogP contribution in [0.2, 0.25) is 5.02 Å². The molecule has 8 nitrogen and oxygen atoms in total. The van der Waals surface area contributed by atoms with Crippen molar-refractivity contribution in [3.05, 3.63) is 46.7 Å². The third kappa shape index (κ3) is 5.10. The van der Waals surface area contributed by atoms with E-state index in [1.807, 2.05) is 4.90 Å². The minimum absolute atomic E-state index is 0.0370. The maximum Gasteiger partial charge on any atom is 0.271 e. The third-order valence-corrected chi connectivity index (χ3v) is 4.64. The van der Waals surface area contributed by atoms with Gasteiger partial charge in [0.25, 0.3) is 11.8 Å². The first-order valence-corrected chi connectivity index (χ1v) is 9.55. The van der Waals surface area contributed by atoms with Crippen LogP contribution in [-0.2, 0) is 0 Å². The molecule has 3 rings (SSSR count). The summed E-state index contributed by atoms with van der Waals surface area (Å²) in [6.07, 6.45) is 4.16. The molecule has 28 heavy (non-hydrogen) atoms. The van der Waals surface area contributed by atoms with Gasteiger partial charge in [-0.2, -0.15) is 0 Å². The number of carbonyl (C=O) groups is 2. The third-order valence-electron chi connectivity index (χ3n) is 4.37. The lowest BCUT2D eigenvalue weighted by molar-refractivity contribution is 0.0948. The average Bonchev–Trinajstić information content (AvgIpc) is 3.22. The number of amides is 2. The number of phenolic OH excluding ortho intramolecular Hbond substituents is 1. The molecular weight excluding hydrogens is 382 g/mol. The fourth-order valence-electron chi connectivity index (χ4n) is 2.91. The summed E-state index contributed by atoms with van der Waals surface area (Å²) in [6, 6.07) is 6.12. The van der Waals surface area contributed by atoms with Crippen molar-refractivity contribution < 1.29 is 14.7 Å². The van der Waals surface area contributed by atoms with Crippen molar-refractivity contribution in [3.63, 3.8) is 0 Å². The smallest absolute Gasteiger partial charge is 0.271 e. The Balaban J connectivity index is 1.45. The predicted octanol–water partition coefficient (Wildman–Crippen LogP) is 1.99. The van der Waals surface area contributed by atoms with Gasteiger partial charge in [-0.05, 0) is 37.5 Å². The summed E-state index contributed by atoms with van der Waals surface area (Å²) in [5.74, 6) is -0.0937. The summed E-state index contributed by atoms with van der Waals surface area (Å²) < 4.78 is 0. The standard InChI is InChI=1S/C19H22ClN5O3/c20-15-12-23-19(25-9-1-2-10-25)24-16(15)18(28)22-8-4-7-21-17(27)13-5-3-6-14(26)11-13/h3,5-6,11-12,26H,1-2,4,7-10H2,(H,21,27)(H,22,28). The zero-order valence-electron chi connectivity index (χ0n) is 15.3. The first-order valence-electron chi connectivity index (χ1n) is 9.17. The van der Waals surface area contributed by atoms with E-state index < -0.39 is 0 Å². The number of aromatic hydroxyl groups is 1. The van der Waals surface area contributed by atoms with E-state index in [9.17, 15) is 14.7 Å². The van der Waals surface area contributed by atoms with E-state index in [0.29, 0.717) is 31.0 Å². The second-order valence-electron chi connectivity index (χ2n) is 6.48. The van der Waals surface area contributed by atoms with Crippen LogP contribution in [-0.4, -0.2) is 53.1 Å². The number of nitrogens with zero attached hydrogens (tertiary/aromatic N) is 3. The molecule has 0 spiro atoms. The average molecular weight is 404 g/mol. The zero-order chi connectivity index (χ0) is 19.9. The number of halogens is 1. The van der Waals surface area contributed by atoms with Crippen LogP contribution < -0.4 is 15.5 Å². The fourth-order valence-corrected chi connectivity index (χ4v) is 3.09. The van der Waals surface area contributed by atoms with Gasteiger partial charge in [-0.25, -0.2) is 9.97 Å². The van der Waals surface area contributed by atoms with Crippen molar-refractivity contribution in [1.29, 1.82) is 0 Å². The Morgan fingerprint density at radius 1 is 1.14 bits per heavy atom. The number of hydrogen-bond donors (Lipinski definition) is 3. The van der Waals surface area contributed by atoms with Gasteiger partial charge >= 0.3 is 0 Å². The van der Waals surface area contributed by atoms with E-state index >= 15 is 0 Å². The lowest BCUT2D eigenvalue weighted by atomic mass is 10.2. The van der Waals surface area contributed by atoms with E-state index in [0.717, 1.165) is 25.9 Å². The molecule has 1 fully saturated rings. The molecule has 1 aromatic heterocycles. The highest BCUT2D eigenvalue weighted by Crippen LogP contribution is 2.19. The number of benzene rings is 1. The Bertz CT molecular complexity index is 855. The SMILES string of the molecule is O=C(NCCCNC(=O)c1nc(N2CCCC2)ncc1Cl)c1cccc(O)c1. The molecule has 1 aliphatic rings. The number of aromatic nitrogens is 2. The van der Waals surface area contributed by atoms with Crippen molar-refractivity contribution in [2.75, 3.05) is 31.1 Å². The molecule has 2 aromatic rings. The first-order chi connectivity index (χ1) is 13.5. The number of nitrogens with one attached hydrogen (secondary N) is 2. The summed E-state index contributed by atoms with van der Waals surface area (Å²) in [5.41, 5.74) is 0.536. The zero-order valence-corrected chi connectivity index (χ0v) is 16.1. The summed E-state index contributed by atoms with van der Waals surface area (Å²) >= 11 is 6.08. The van der Waals surface area contributed by atoms with Crippen molar-refractivity contribution >= 4 is 29.4 Å². The van der Waals surface area contributed by atoms with Crippen molar-refractivity contribution in [2.24, 2.45) is 0 Å². The van der Waals surface area contributed by atoms with Gasteiger partial charge in [-0.3, -0.25) is 9.59 Å². The highest BCUT2D eigenvalue weighted by molar-refractivity contribution is 6.33. The fraction of sp³-hybridized carbons (Fsp3) is 0.368. The Morgan fingerprint density at radius 2 is 1.86 bits per heavy atom. The van der Waals surface area contributed by atoms with E-state index in [1.165, 1.54) is 18.3 Å². The normalized spacial score (nSPS) is 13.4. The van der Waals surface area contributed by atoms with Crippen LogP contribution in [0, 0.1) is 0 Å². The van der Waals surface area contributed by atoms with Crippen molar-refractivity contribution in [1.82, 2.24) is 20.6 Å². The van der Waals surface area contributed by atoms with Crippen molar-refractivity contribution in [2.45, 2.75) is 19.3 Å². The highest BCUT2D eigenvalue weighted by Gasteiger charge is 2.19. The maximum absolute atomic E-state index is 12.4. The van der Waals surface area contributed by atoms with Crippen molar-refractivity contribution in [3.8, 4) is 5.75 Å². The summed E-state index contributed by atoms with van der Waals surface area (Å²) in [7, 11) is 0. The minimum atomic E-state index is -0.368. The number of anilines is 1. The van der Waals surface area contributed by atoms with E-state index in [4.69, 9.17) is 11.6 Å². The first kappa shape index (κ1) is 19.9. The number of phenols is 1. The van der Waals surface area contributed by atoms with Gasteiger partial charge in [-0.1, -0.05) is 17.7 Å². The molecular formula is C19H22ClN5O3. The highest BCUT2D eigenvalue weighted by atomic mass is 35.5. The van der Waals surface area contributed by atoms with E-state index in [2.05, 4.69) is 20.6 Å². The molecule has 2 heterocycles. The van der Waals surface area contributed by atoms with Gasteiger partial charge in [0.2, 0.25) is 5.95 Å². The Hall–Kier alpha value is -2.87. The topological polar surface area (TPSA) is 107 Å². The lowest BCUT2D eigenvalue weighted by Gasteiger charge is -2.16. The molecule has 1 aromatic carbocycles. The molecule has 0 unspecified atom stereocenters. The molecule has 148 valence electrons. The Labute approximate surface area is 167 Å². The quantitative estimate of drug-likeness (QED) is 0.610. The molecule has 9 heteroatoms. The summed E-state index contributed by atoms with van der Waals surface area (Å²) in [4.78, 5) is 34.9. The molecule has 2 amide bonds. The van der Waals surface area contributed by atoms with Crippen LogP contribution in [0.5, 0.6) is 5.75 Å². The number of hydrogen-bond acceptors (Lipinski definition) is 6. The van der Waals surface area contributed by atoms with Gasteiger partial charge in [0, 0.05) is 31.7 Å². The van der Waals surface area contributed by atoms with Gasteiger partial charge in [-0.15, -0.1) is 0 Å². The second-order valence-corrected chi connectivity index (χ2v) is 6.88. The molecule has 0 bridgehead atoms. The molecule has 1 saturated heterocycles. The van der Waals surface area contributed by atoms with Gasteiger partial charge < -0.3 is 20.6 Å². The number of rotatable bonds is 7.